The minimum absolute atomic E-state index is 0.186. The summed E-state index contributed by atoms with van der Waals surface area (Å²) in [6.07, 6.45) is -8.99. The molecule has 0 aromatic heterocycles. The van der Waals surface area contributed by atoms with Gasteiger partial charge in [-0.2, -0.15) is 0 Å². The summed E-state index contributed by atoms with van der Waals surface area (Å²) in [6, 6.07) is 11.0. The highest BCUT2D eigenvalue weighted by atomic mass is 16.7. The van der Waals surface area contributed by atoms with Crippen molar-refractivity contribution in [2.75, 3.05) is 23.8 Å². The van der Waals surface area contributed by atoms with Crippen molar-refractivity contribution in [2.45, 2.75) is 75.1 Å². The van der Waals surface area contributed by atoms with Crippen LogP contribution in [0, 0.1) is 0 Å². The average molecular weight is 625 g/mol. The van der Waals surface area contributed by atoms with Gasteiger partial charge in [-0.15, -0.1) is 0 Å². The summed E-state index contributed by atoms with van der Waals surface area (Å²) in [4.78, 5) is 21.9. The molecule has 10 atom stereocenters. The van der Waals surface area contributed by atoms with Crippen LogP contribution < -0.4 is 31.6 Å². The van der Waals surface area contributed by atoms with E-state index in [0.29, 0.717) is 22.9 Å². The molecule has 16 heteroatoms. The van der Waals surface area contributed by atoms with E-state index in [9.17, 15) is 30.0 Å². The smallest absolute Gasteiger partial charge is 0.228 e. The van der Waals surface area contributed by atoms with Crippen LogP contribution in [0.3, 0.4) is 0 Å². The first-order chi connectivity index (χ1) is 20.8. The first-order valence-electron chi connectivity index (χ1n) is 13.7. The molecule has 0 aliphatic carbocycles. The third kappa shape index (κ3) is 9.29. The monoisotopic (exact) mass is 624 g/mol. The second kappa shape index (κ2) is 16.1. The highest BCUT2D eigenvalue weighted by molar-refractivity contribution is 5.89. The van der Waals surface area contributed by atoms with Gasteiger partial charge in [-0.3, -0.25) is 9.59 Å². The van der Waals surface area contributed by atoms with Crippen molar-refractivity contribution in [3.05, 3.63) is 48.5 Å². The Labute approximate surface area is 253 Å². The normalized spacial score (nSPS) is 31.6. The van der Waals surface area contributed by atoms with Crippen molar-refractivity contribution in [3.63, 3.8) is 0 Å². The van der Waals surface area contributed by atoms with Gasteiger partial charge in [-0.1, -0.05) is 0 Å². The lowest BCUT2D eigenvalue weighted by Gasteiger charge is -2.40. The Hall–Kier alpha value is -3.42. The fourth-order valence-corrected chi connectivity index (χ4v) is 4.33. The van der Waals surface area contributed by atoms with E-state index in [1.165, 1.54) is 13.8 Å². The molecular weight excluding hydrogens is 584 g/mol. The molecule has 0 saturated carbocycles. The lowest BCUT2D eigenvalue weighted by Crippen LogP contribution is -2.63. The van der Waals surface area contributed by atoms with Gasteiger partial charge < -0.3 is 71.7 Å². The molecule has 2 aliphatic rings. The van der Waals surface area contributed by atoms with Crippen molar-refractivity contribution in [1.82, 2.24) is 0 Å². The maximum absolute atomic E-state index is 10.9. The van der Waals surface area contributed by atoms with E-state index in [-0.39, 0.29) is 11.8 Å². The van der Waals surface area contributed by atoms with E-state index in [2.05, 4.69) is 10.6 Å². The van der Waals surface area contributed by atoms with Crippen LogP contribution in [0.4, 0.5) is 11.4 Å². The van der Waals surface area contributed by atoms with Crippen molar-refractivity contribution < 1.29 is 59.2 Å². The minimum Gasteiger partial charge on any atom is -0.463 e. The third-order valence-corrected chi connectivity index (χ3v) is 6.72. The lowest BCUT2D eigenvalue weighted by molar-refractivity contribution is -0.247. The molecule has 0 unspecified atom stereocenters. The summed E-state index contributed by atoms with van der Waals surface area (Å²) in [5.74, 6) is 0.424. The summed E-state index contributed by atoms with van der Waals surface area (Å²) in [7, 11) is 0. The number of nitrogens with two attached hydrogens (primary N) is 2. The highest BCUT2D eigenvalue weighted by Crippen LogP contribution is 2.26. The van der Waals surface area contributed by atoms with Crippen molar-refractivity contribution >= 4 is 23.2 Å². The molecule has 2 aliphatic heterocycles. The second-order valence-corrected chi connectivity index (χ2v) is 10.2. The molecule has 4 rings (SSSR count). The maximum atomic E-state index is 10.9. The highest BCUT2D eigenvalue weighted by Gasteiger charge is 2.44. The van der Waals surface area contributed by atoms with E-state index in [4.69, 9.17) is 40.6 Å². The number of anilines is 2. The van der Waals surface area contributed by atoms with E-state index in [0.717, 1.165) is 0 Å². The van der Waals surface area contributed by atoms with Crippen molar-refractivity contribution in [3.8, 4) is 11.5 Å². The molecule has 2 fully saturated rings. The molecule has 0 bridgehead atoms. The minimum atomic E-state index is -1.28. The van der Waals surface area contributed by atoms with Crippen molar-refractivity contribution in [2.24, 2.45) is 11.5 Å². The fraction of sp³-hybridized carbons (Fsp3) is 0.500. The molecule has 2 saturated heterocycles. The number of ether oxygens (including phenoxy) is 4. The first kappa shape index (κ1) is 35.1. The van der Waals surface area contributed by atoms with Crippen LogP contribution in [0.5, 0.6) is 11.5 Å². The predicted octanol–water partition coefficient (Wildman–Crippen LogP) is -2.42. The van der Waals surface area contributed by atoms with Crippen molar-refractivity contribution in [1.29, 1.82) is 0 Å². The standard InChI is InChI=1S/2C14H20N2O6/c1-7(18)16-8-2-4-9(5-3-8)21-14-11(15)13(20)12(19)10(6-17)22-14;1-7(18)16-8-2-4-9(5-3-8)21-14-13(20)11(15)12(19)10(6-17)22-14/h2*2-5,10-14,17,19-20H,6,15H2,1H3,(H,16,18)/t10-,11-,12-,13-,14+;10-,11-,12-,13+,14+/m11/s1. The van der Waals surface area contributed by atoms with Gasteiger partial charge in [0.05, 0.1) is 25.3 Å². The molecule has 12 N–H and O–H groups in total. The van der Waals surface area contributed by atoms with Gasteiger partial charge in [0.1, 0.15) is 48.1 Å². The molecule has 2 heterocycles. The average Bonchev–Trinajstić information content (AvgIpc) is 2.99. The number of hydrogen-bond donors (Lipinski definition) is 10. The molecule has 244 valence electrons. The maximum Gasteiger partial charge on any atom is 0.228 e. The number of carbonyl (C=O) groups is 2. The summed E-state index contributed by atoms with van der Waals surface area (Å²) < 4.78 is 21.7. The molecule has 2 amide bonds. The third-order valence-electron chi connectivity index (χ3n) is 6.72. The van der Waals surface area contributed by atoms with Gasteiger partial charge in [0.2, 0.25) is 24.4 Å². The molecule has 2 aromatic carbocycles. The molecular formula is C28H40N4O12. The molecule has 0 radical (unpaired) electrons. The molecule has 44 heavy (non-hydrogen) atoms. The SMILES string of the molecule is CC(=O)Nc1ccc(O[C@H]2O[C@H](CO)[C@@H](O)[C@@H](N)[C@@H]2O)cc1.CC(=O)Nc1ccc(O[C@H]2O[C@H](CO)[C@@H](O)[C@H](O)[C@H]2N)cc1. The Morgan fingerprint density at radius 1 is 0.659 bits per heavy atom. The number of benzene rings is 2. The van der Waals surface area contributed by atoms with Gasteiger partial charge in [-0.05, 0) is 48.5 Å². The lowest BCUT2D eigenvalue weighted by atomic mass is 9.97. The van der Waals surface area contributed by atoms with Crippen LogP contribution in [0.1, 0.15) is 13.8 Å². The topological polar surface area (TPSA) is 269 Å². The Kier molecular flexibility index (Phi) is 12.8. The molecule has 2 aromatic rings. The zero-order valence-electron chi connectivity index (χ0n) is 24.1. The van der Waals surface area contributed by atoms with Crippen LogP contribution in [0.15, 0.2) is 48.5 Å². The summed E-state index contributed by atoms with van der Waals surface area (Å²) >= 11 is 0. The Bertz CT molecular complexity index is 1110. The molecule has 0 spiro atoms. The van der Waals surface area contributed by atoms with Gasteiger partial charge in [-0.25, -0.2) is 0 Å². The predicted molar refractivity (Wildman–Crippen MR) is 154 cm³/mol. The van der Waals surface area contributed by atoms with Crippen LogP contribution in [-0.4, -0.2) is 117 Å². The van der Waals surface area contributed by atoms with Crippen LogP contribution in [-0.2, 0) is 19.1 Å². The van der Waals surface area contributed by atoms with Crippen LogP contribution in [0.25, 0.3) is 0 Å². The summed E-state index contributed by atoms with van der Waals surface area (Å²) in [5.41, 5.74) is 12.7. The zero-order valence-corrected chi connectivity index (χ0v) is 24.1. The number of nitrogens with one attached hydrogen (secondary N) is 2. The number of carbonyl (C=O) groups excluding carboxylic acids is 2. The van der Waals surface area contributed by atoms with E-state index < -0.39 is 74.5 Å². The molecule has 16 nitrogen and oxygen atoms in total. The summed E-state index contributed by atoms with van der Waals surface area (Å²) in [6.45, 7) is 1.90. The van der Waals surface area contributed by atoms with Gasteiger partial charge >= 0.3 is 0 Å². The number of aliphatic hydroxyl groups is 6. The van der Waals surface area contributed by atoms with E-state index >= 15 is 0 Å². The number of hydrogen-bond acceptors (Lipinski definition) is 14. The van der Waals surface area contributed by atoms with E-state index in [1.807, 2.05) is 0 Å². The van der Waals surface area contributed by atoms with Crippen LogP contribution in [0.2, 0.25) is 0 Å². The van der Waals surface area contributed by atoms with Gasteiger partial charge in [0.15, 0.2) is 0 Å². The Morgan fingerprint density at radius 3 is 1.50 bits per heavy atom. The summed E-state index contributed by atoms with van der Waals surface area (Å²) in [5, 5.41) is 62.8. The largest absolute Gasteiger partial charge is 0.463 e. The van der Waals surface area contributed by atoms with Gasteiger partial charge in [0.25, 0.3) is 0 Å². The number of amides is 2. The second-order valence-electron chi connectivity index (χ2n) is 10.2. The quantitative estimate of drug-likeness (QED) is 0.146. The Morgan fingerprint density at radius 2 is 1.07 bits per heavy atom. The van der Waals surface area contributed by atoms with E-state index in [1.54, 1.807) is 48.5 Å². The van der Waals surface area contributed by atoms with Gasteiger partial charge in [0, 0.05) is 25.2 Å². The zero-order chi connectivity index (χ0) is 32.6. The fourth-order valence-electron chi connectivity index (χ4n) is 4.33. The Balaban J connectivity index is 0.000000240. The number of aliphatic hydroxyl groups excluding tert-OH is 6. The first-order valence-corrected chi connectivity index (χ1v) is 13.7. The number of rotatable bonds is 8. The van der Waals surface area contributed by atoms with Crippen LogP contribution >= 0.6 is 0 Å².